The van der Waals surface area contributed by atoms with Crippen molar-refractivity contribution in [1.82, 2.24) is 4.90 Å². The zero-order valence-electron chi connectivity index (χ0n) is 6.43. The third-order valence-electron chi connectivity index (χ3n) is 2.41. The van der Waals surface area contributed by atoms with Gasteiger partial charge in [0.1, 0.15) is 6.29 Å². The van der Waals surface area contributed by atoms with Gasteiger partial charge in [0.05, 0.1) is 18.6 Å². The van der Waals surface area contributed by atoms with Crippen LogP contribution in [0.1, 0.15) is 6.42 Å². The quantitative estimate of drug-likeness (QED) is 0.514. The number of aliphatic hydroxyl groups excluding tert-OH is 1. The van der Waals surface area contributed by atoms with Gasteiger partial charge in [0.15, 0.2) is 0 Å². The number of fused-ring (bicyclic) bond motifs is 1. The largest absolute Gasteiger partial charge is 0.390 e. The second-order valence-electron chi connectivity index (χ2n) is 3.08. The number of nitrogens with zero attached hydrogens (tertiary/aromatic N) is 1. The summed E-state index contributed by atoms with van der Waals surface area (Å²) >= 11 is 0. The highest BCUT2D eigenvalue weighted by Gasteiger charge is 2.43. The van der Waals surface area contributed by atoms with Crippen LogP contribution in [0.2, 0.25) is 0 Å². The number of aldehydes is 1. The molecule has 1 amide bonds. The van der Waals surface area contributed by atoms with Crippen molar-refractivity contribution in [3.05, 3.63) is 11.6 Å². The van der Waals surface area contributed by atoms with E-state index in [1.54, 1.807) is 6.08 Å². The van der Waals surface area contributed by atoms with Crippen LogP contribution in [0.25, 0.3) is 0 Å². The highest BCUT2D eigenvalue weighted by molar-refractivity contribution is 5.87. The molecule has 0 saturated carbocycles. The van der Waals surface area contributed by atoms with Gasteiger partial charge in [-0.1, -0.05) is 6.08 Å². The van der Waals surface area contributed by atoms with Crippen molar-refractivity contribution < 1.29 is 14.7 Å². The lowest BCUT2D eigenvalue weighted by atomic mass is 10.1. The van der Waals surface area contributed by atoms with Crippen LogP contribution in [0.5, 0.6) is 0 Å². The first kappa shape index (κ1) is 7.49. The van der Waals surface area contributed by atoms with Gasteiger partial charge < -0.3 is 10.0 Å². The summed E-state index contributed by atoms with van der Waals surface area (Å²) in [6, 6.07) is -0.366. The first-order valence-electron chi connectivity index (χ1n) is 3.87. The fraction of sp³-hybridized carbons (Fsp3) is 0.500. The molecule has 0 aromatic heterocycles. The first-order valence-corrected chi connectivity index (χ1v) is 3.87. The number of amides is 1. The monoisotopic (exact) mass is 167 g/mol. The van der Waals surface area contributed by atoms with Crippen LogP contribution in [0, 0.1) is 0 Å². The average molecular weight is 167 g/mol. The molecule has 1 fully saturated rings. The lowest BCUT2D eigenvalue weighted by molar-refractivity contribution is -0.127. The van der Waals surface area contributed by atoms with Gasteiger partial charge in [0, 0.05) is 12.1 Å². The van der Waals surface area contributed by atoms with Gasteiger partial charge in [-0.15, -0.1) is 0 Å². The highest BCUT2D eigenvalue weighted by Crippen LogP contribution is 2.28. The molecule has 0 spiro atoms. The molecular formula is C8H9NO3. The number of hydrogen-bond acceptors (Lipinski definition) is 3. The lowest BCUT2D eigenvalue weighted by Gasteiger charge is -2.17. The van der Waals surface area contributed by atoms with E-state index in [4.69, 9.17) is 0 Å². The minimum absolute atomic E-state index is 0.0689. The molecule has 2 heterocycles. The maximum absolute atomic E-state index is 11.1. The zero-order chi connectivity index (χ0) is 8.72. The highest BCUT2D eigenvalue weighted by atomic mass is 16.3. The third-order valence-corrected chi connectivity index (χ3v) is 2.41. The Labute approximate surface area is 69.5 Å². The summed E-state index contributed by atoms with van der Waals surface area (Å²) in [4.78, 5) is 23.2. The van der Waals surface area contributed by atoms with Gasteiger partial charge in [-0.2, -0.15) is 0 Å². The van der Waals surface area contributed by atoms with Crippen molar-refractivity contribution >= 4 is 12.2 Å². The summed E-state index contributed by atoms with van der Waals surface area (Å²) in [6.45, 7) is 0.467. The Balaban J connectivity index is 2.29. The van der Waals surface area contributed by atoms with Crippen LogP contribution in [-0.4, -0.2) is 40.9 Å². The number of aliphatic hydroxyl groups is 1. The molecular weight excluding hydrogens is 158 g/mol. The molecule has 0 unspecified atom stereocenters. The van der Waals surface area contributed by atoms with E-state index in [2.05, 4.69) is 0 Å². The SMILES string of the molecule is O=CC1=CCN2C(=O)C[C@H](O)[C@@H]12. The maximum atomic E-state index is 11.1. The summed E-state index contributed by atoms with van der Waals surface area (Å²) in [5, 5.41) is 9.41. The van der Waals surface area contributed by atoms with Crippen molar-refractivity contribution in [2.24, 2.45) is 0 Å². The Morgan fingerprint density at radius 1 is 1.67 bits per heavy atom. The van der Waals surface area contributed by atoms with Crippen LogP contribution in [-0.2, 0) is 9.59 Å². The molecule has 0 radical (unpaired) electrons. The maximum Gasteiger partial charge on any atom is 0.226 e. The van der Waals surface area contributed by atoms with E-state index in [1.807, 2.05) is 0 Å². The average Bonchev–Trinajstić information content (AvgIpc) is 2.55. The molecule has 2 aliphatic heterocycles. The summed E-state index contributed by atoms with van der Waals surface area (Å²) in [6.07, 6.45) is 1.86. The van der Waals surface area contributed by atoms with E-state index in [-0.39, 0.29) is 18.4 Å². The Bertz CT molecular complexity index is 271. The first-order chi connectivity index (χ1) is 5.74. The predicted molar refractivity (Wildman–Crippen MR) is 40.3 cm³/mol. The molecule has 1 N–H and O–H groups in total. The van der Waals surface area contributed by atoms with Gasteiger partial charge in [-0.25, -0.2) is 0 Å². The zero-order valence-corrected chi connectivity index (χ0v) is 6.43. The van der Waals surface area contributed by atoms with Crippen molar-refractivity contribution in [3.63, 3.8) is 0 Å². The topological polar surface area (TPSA) is 57.6 Å². The van der Waals surface area contributed by atoms with Gasteiger partial charge in [0.2, 0.25) is 5.91 Å². The standard InChI is InChI=1S/C8H9NO3/c10-4-5-1-2-9-7(12)3-6(11)8(5)9/h1,4,6,8,11H,2-3H2/t6-,8+/m0/s1. The Morgan fingerprint density at radius 3 is 3.08 bits per heavy atom. The summed E-state index contributed by atoms with van der Waals surface area (Å²) in [7, 11) is 0. The van der Waals surface area contributed by atoms with Crippen LogP contribution < -0.4 is 0 Å². The van der Waals surface area contributed by atoms with Gasteiger partial charge in [-0.3, -0.25) is 9.59 Å². The van der Waals surface area contributed by atoms with Crippen molar-refractivity contribution in [2.75, 3.05) is 6.54 Å². The summed E-state index contributed by atoms with van der Waals surface area (Å²) in [5.41, 5.74) is 0.536. The number of carbonyl (C=O) groups excluding carboxylic acids is 2. The molecule has 2 rings (SSSR count). The molecule has 1 saturated heterocycles. The fourth-order valence-corrected chi connectivity index (χ4v) is 1.83. The minimum atomic E-state index is -0.698. The minimum Gasteiger partial charge on any atom is -0.390 e. The summed E-state index contributed by atoms with van der Waals surface area (Å²) in [5.74, 6) is -0.0689. The van der Waals surface area contributed by atoms with E-state index >= 15 is 0 Å². The number of rotatable bonds is 1. The second kappa shape index (κ2) is 2.42. The van der Waals surface area contributed by atoms with Crippen LogP contribution in [0.4, 0.5) is 0 Å². The van der Waals surface area contributed by atoms with Gasteiger partial charge in [0.25, 0.3) is 0 Å². The number of hydrogen-bond donors (Lipinski definition) is 1. The molecule has 4 heteroatoms. The molecule has 0 aromatic rings. The Hall–Kier alpha value is -1.16. The van der Waals surface area contributed by atoms with Crippen LogP contribution >= 0.6 is 0 Å². The van der Waals surface area contributed by atoms with E-state index in [0.29, 0.717) is 18.4 Å². The smallest absolute Gasteiger partial charge is 0.226 e. The molecule has 2 aliphatic rings. The summed E-state index contributed by atoms with van der Waals surface area (Å²) < 4.78 is 0. The Morgan fingerprint density at radius 2 is 2.42 bits per heavy atom. The molecule has 0 aromatic carbocycles. The fourth-order valence-electron chi connectivity index (χ4n) is 1.83. The molecule has 0 bridgehead atoms. The van der Waals surface area contributed by atoms with E-state index < -0.39 is 6.10 Å². The van der Waals surface area contributed by atoms with Crippen molar-refractivity contribution in [3.8, 4) is 0 Å². The van der Waals surface area contributed by atoms with E-state index in [0.717, 1.165) is 0 Å². The van der Waals surface area contributed by atoms with Crippen LogP contribution in [0.15, 0.2) is 11.6 Å². The molecule has 0 aliphatic carbocycles. The van der Waals surface area contributed by atoms with Crippen LogP contribution in [0.3, 0.4) is 0 Å². The van der Waals surface area contributed by atoms with Gasteiger partial charge >= 0.3 is 0 Å². The molecule has 4 nitrogen and oxygen atoms in total. The van der Waals surface area contributed by atoms with Crippen molar-refractivity contribution in [1.29, 1.82) is 0 Å². The third kappa shape index (κ3) is 0.814. The molecule has 2 atom stereocenters. The van der Waals surface area contributed by atoms with Gasteiger partial charge in [-0.05, 0) is 0 Å². The van der Waals surface area contributed by atoms with E-state index in [1.165, 1.54) is 4.90 Å². The van der Waals surface area contributed by atoms with Crippen molar-refractivity contribution in [2.45, 2.75) is 18.6 Å². The molecule has 12 heavy (non-hydrogen) atoms. The van der Waals surface area contributed by atoms with E-state index in [9.17, 15) is 14.7 Å². The Kier molecular flexibility index (Phi) is 1.51. The second-order valence-corrected chi connectivity index (χ2v) is 3.08. The lowest BCUT2D eigenvalue weighted by Crippen LogP contribution is -2.33. The predicted octanol–water partition coefficient (Wildman–Crippen LogP) is -0.913. The normalized spacial score (nSPS) is 33.6. The number of carbonyl (C=O) groups is 2. The molecule has 64 valence electrons.